The van der Waals surface area contributed by atoms with Crippen LogP contribution >= 0.6 is 22.6 Å². The van der Waals surface area contributed by atoms with Crippen LogP contribution in [0.1, 0.15) is 41.1 Å². The molecule has 1 saturated carbocycles. The van der Waals surface area contributed by atoms with Crippen molar-refractivity contribution in [1.29, 1.82) is 0 Å². The smallest absolute Gasteiger partial charge is 0.179 e. The van der Waals surface area contributed by atoms with Crippen LogP contribution in [0.5, 0.6) is 0 Å². The highest BCUT2D eigenvalue weighted by molar-refractivity contribution is 14.1. The molecule has 1 fully saturated rings. The van der Waals surface area contributed by atoms with Gasteiger partial charge in [0.2, 0.25) is 0 Å². The van der Waals surface area contributed by atoms with E-state index in [2.05, 4.69) is 28.7 Å². The van der Waals surface area contributed by atoms with Crippen molar-refractivity contribution in [3.05, 3.63) is 35.4 Å². The molecule has 1 nitrogen and oxygen atoms in total. The van der Waals surface area contributed by atoms with Gasteiger partial charge in [-0.1, -0.05) is 46.9 Å². The van der Waals surface area contributed by atoms with Gasteiger partial charge in [0, 0.05) is 5.56 Å². The molecule has 2 atom stereocenters. The number of halogens is 1. The average Bonchev–Trinajstić information content (AvgIpc) is 2.57. The lowest BCUT2D eigenvalue weighted by atomic mass is 9.82. The van der Waals surface area contributed by atoms with Crippen LogP contribution < -0.4 is 0 Å². The van der Waals surface area contributed by atoms with Crippen molar-refractivity contribution in [2.75, 3.05) is 0 Å². The van der Waals surface area contributed by atoms with Gasteiger partial charge in [-0.15, -0.1) is 0 Å². The van der Waals surface area contributed by atoms with Crippen LogP contribution in [0.15, 0.2) is 24.3 Å². The Hall–Kier alpha value is -0.380. The van der Waals surface area contributed by atoms with E-state index in [1.54, 1.807) is 0 Å². The van der Waals surface area contributed by atoms with Crippen molar-refractivity contribution in [1.82, 2.24) is 0 Å². The minimum absolute atomic E-state index is 0.0726. The molecule has 2 bridgehead atoms. The number of alkyl halides is 1. The molecule has 0 radical (unpaired) electrons. The SMILES string of the molecule is O=C1c2ccccc2[C@@H]2CC[C@@]1(I)C2. The Morgan fingerprint density at radius 2 is 2.14 bits per heavy atom. The monoisotopic (exact) mass is 298 g/mol. The van der Waals surface area contributed by atoms with E-state index in [-0.39, 0.29) is 3.42 Å². The van der Waals surface area contributed by atoms with Crippen LogP contribution in [0.3, 0.4) is 0 Å². The second-order valence-electron chi connectivity index (χ2n) is 4.32. The lowest BCUT2D eigenvalue weighted by Gasteiger charge is -2.27. The maximum absolute atomic E-state index is 12.2. The second kappa shape index (κ2) is 2.81. The molecular formula is C12H11IO. The third kappa shape index (κ3) is 1.03. The van der Waals surface area contributed by atoms with Crippen molar-refractivity contribution in [2.24, 2.45) is 0 Å². The van der Waals surface area contributed by atoms with Crippen molar-refractivity contribution in [2.45, 2.75) is 28.6 Å². The predicted molar refractivity (Wildman–Crippen MR) is 64.1 cm³/mol. The first-order valence-corrected chi connectivity index (χ1v) is 6.11. The molecule has 3 rings (SSSR count). The number of benzene rings is 1. The Morgan fingerprint density at radius 1 is 1.36 bits per heavy atom. The summed E-state index contributed by atoms with van der Waals surface area (Å²) in [5, 5.41) is 0. The lowest BCUT2D eigenvalue weighted by Crippen LogP contribution is -2.32. The van der Waals surface area contributed by atoms with Gasteiger partial charge in [-0.25, -0.2) is 0 Å². The first-order valence-electron chi connectivity index (χ1n) is 5.03. The molecule has 0 saturated heterocycles. The molecule has 1 aromatic carbocycles. The molecule has 0 amide bonds. The van der Waals surface area contributed by atoms with Gasteiger partial charge in [0.15, 0.2) is 5.78 Å². The van der Waals surface area contributed by atoms with E-state index >= 15 is 0 Å². The summed E-state index contributed by atoms with van der Waals surface area (Å²) in [6.07, 6.45) is 3.31. The summed E-state index contributed by atoms with van der Waals surface area (Å²) in [5.41, 5.74) is 2.28. The van der Waals surface area contributed by atoms with Gasteiger partial charge < -0.3 is 0 Å². The number of Topliss-reactive ketones (excluding diaryl/α,β-unsaturated/α-hetero) is 1. The van der Waals surface area contributed by atoms with Gasteiger partial charge in [-0.3, -0.25) is 4.79 Å². The molecule has 1 aromatic rings. The summed E-state index contributed by atoms with van der Waals surface area (Å²) in [5.74, 6) is 1.00. The van der Waals surface area contributed by atoms with Crippen molar-refractivity contribution < 1.29 is 4.79 Å². The van der Waals surface area contributed by atoms with E-state index in [9.17, 15) is 4.79 Å². The topological polar surface area (TPSA) is 17.1 Å². The number of carbonyl (C=O) groups excluding carboxylic acids is 1. The number of rotatable bonds is 0. The van der Waals surface area contributed by atoms with Crippen molar-refractivity contribution in [3.63, 3.8) is 0 Å². The zero-order valence-electron chi connectivity index (χ0n) is 7.79. The average molecular weight is 298 g/mol. The fourth-order valence-corrected chi connectivity index (χ4v) is 3.90. The molecule has 0 unspecified atom stereocenters. The largest absolute Gasteiger partial charge is 0.293 e. The van der Waals surface area contributed by atoms with E-state index in [4.69, 9.17) is 0 Å². The maximum atomic E-state index is 12.2. The fourth-order valence-electron chi connectivity index (χ4n) is 2.77. The molecular weight excluding hydrogens is 287 g/mol. The fraction of sp³-hybridized carbons (Fsp3) is 0.417. The van der Waals surface area contributed by atoms with E-state index in [0.29, 0.717) is 11.7 Å². The molecule has 0 N–H and O–H groups in total. The van der Waals surface area contributed by atoms with Crippen LogP contribution in [0.25, 0.3) is 0 Å². The normalized spacial score (nSPS) is 34.4. The standard InChI is InChI=1S/C12H11IO/c13-12-6-5-8(7-12)9-3-1-2-4-10(9)11(12)14/h1-4,8H,5-7H2/t8-,12-/m1/s1. The Kier molecular flexibility index (Phi) is 1.79. The zero-order valence-corrected chi connectivity index (χ0v) is 9.95. The molecule has 0 heterocycles. The van der Waals surface area contributed by atoms with E-state index < -0.39 is 0 Å². The number of hydrogen-bond donors (Lipinski definition) is 0. The minimum atomic E-state index is -0.0726. The van der Waals surface area contributed by atoms with Gasteiger partial charge in [-0.05, 0) is 30.7 Å². The summed E-state index contributed by atoms with van der Waals surface area (Å²) >= 11 is 2.37. The highest BCUT2D eigenvalue weighted by atomic mass is 127. The van der Waals surface area contributed by atoms with E-state index in [1.807, 2.05) is 18.2 Å². The predicted octanol–water partition coefficient (Wildman–Crippen LogP) is 3.32. The van der Waals surface area contributed by atoms with Gasteiger partial charge in [-0.2, -0.15) is 0 Å². The Labute approximate surface area is 97.0 Å². The Balaban J connectivity index is 2.24. The van der Waals surface area contributed by atoms with Crippen LogP contribution in [-0.2, 0) is 0 Å². The molecule has 72 valence electrons. The number of ketones is 1. The molecule has 0 aromatic heterocycles. The molecule has 0 spiro atoms. The molecule has 2 aliphatic rings. The Bertz CT molecular complexity index is 413. The van der Waals surface area contributed by atoms with Crippen molar-refractivity contribution in [3.8, 4) is 0 Å². The lowest BCUT2D eigenvalue weighted by molar-refractivity contribution is 0.0946. The van der Waals surface area contributed by atoms with Crippen molar-refractivity contribution >= 4 is 28.4 Å². The van der Waals surface area contributed by atoms with Gasteiger partial charge >= 0.3 is 0 Å². The summed E-state index contributed by atoms with van der Waals surface area (Å²) in [4.78, 5) is 12.2. The quantitative estimate of drug-likeness (QED) is 0.530. The van der Waals surface area contributed by atoms with E-state index in [0.717, 1.165) is 18.4 Å². The minimum Gasteiger partial charge on any atom is -0.293 e. The summed E-state index contributed by atoms with van der Waals surface area (Å²) in [6.45, 7) is 0. The number of hydrogen-bond acceptors (Lipinski definition) is 1. The van der Waals surface area contributed by atoms with E-state index in [1.165, 1.54) is 12.0 Å². The number of carbonyl (C=O) groups is 1. The molecule has 14 heavy (non-hydrogen) atoms. The summed E-state index contributed by atoms with van der Waals surface area (Å²) < 4.78 is -0.0726. The van der Waals surface area contributed by atoms with Gasteiger partial charge in [0.05, 0.1) is 3.42 Å². The first-order chi connectivity index (χ1) is 6.71. The maximum Gasteiger partial charge on any atom is 0.179 e. The third-order valence-corrected chi connectivity index (χ3v) is 4.98. The number of fused-ring (bicyclic) bond motifs is 4. The Morgan fingerprint density at radius 3 is 3.00 bits per heavy atom. The van der Waals surface area contributed by atoms with Gasteiger partial charge in [0.25, 0.3) is 0 Å². The van der Waals surface area contributed by atoms with Crippen LogP contribution in [0.2, 0.25) is 0 Å². The highest BCUT2D eigenvalue weighted by Gasteiger charge is 2.48. The highest BCUT2D eigenvalue weighted by Crippen LogP contribution is 2.52. The first kappa shape index (κ1) is 8.89. The molecule has 0 aliphatic heterocycles. The van der Waals surface area contributed by atoms with Gasteiger partial charge in [0.1, 0.15) is 0 Å². The summed E-state index contributed by atoms with van der Waals surface area (Å²) in [6, 6.07) is 8.13. The third-order valence-electron chi connectivity index (χ3n) is 3.51. The van der Waals surface area contributed by atoms with Crippen LogP contribution in [-0.4, -0.2) is 9.20 Å². The second-order valence-corrected chi connectivity index (χ2v) is 6.39. The van der Waals surface area contributed by atoms with Crippen LogP contribution in [0.4, 0.5) is 0 Å². The molecule has 2 heteroatoms. The molecule has 2 aliphatic carbocycles. The van der Waals surface area contributed by atoms with Crippen LogP contribution in [0, 0.1) is 0 Å². The summed E-state index contributed by atoms with van der Waals surface area (Å²) in [7, 11) is 0. The zero-order chi connectivity index (χ0) is 9.76.